The Morgan fingerprint density at radius 3 is 2.12 bits per heavy atom. The predicted molar refractivity (Wildman–Crippen MR) is 96.2 cm³/mol. The molecule has 0 bridgehead atoms. The number of nitrogens with zero attached hydrogens (tertiary/aromatic N) is 1. The van der Waals surface area contributed by atoms with Crippen LogP contribution in [0.15, 0.2) is 77.5 Å². The minimum absolute atomic E-state index is 0.0823. The van der Waals surface area contributed by atoms with Gasteiger partial charge in [-0.3, -0.25) is 14.6 Å². The van der Waals surface area contributed by atoms with E-state index in [4.69, 9.17) is 0 Å². The van der Waals surface area contributed by atoms with E-state index in [-0.39, 0.29) is 11.7 Å². The molecule has 24 heavy (non-hydrogen) atoms. The molecule has 2 aromatic carbocycles. The average molecular weight is 381 g/mol. The third-order valence-electron chi connectivity index (χ3n) is 3.47. The minimum Gasteiger partial charge on any atom is -0.322 e. The predicted octanol–water partition coefficient (Wildman–Crippen LogP) is 4.33. The van der Waals surface area contributed by atoms with E-state index in [0.717, 1.165) is 4.47 Å². The average Bonchev–Trinajstić information content (AvgIpc) is 2.63. The maximum Gasteiger partial charge on any atom is 0.256 e. The fraction of sp³-hybridized carbons (Fsp3) is 0. The second-order valence-electron chi connectivity index (χ2n) is 5.08. The van der Waals surface area contributed by atoms with Gasteiger partial charge in [-0.1, -0.05) is 12.1 Å². The Morgan fingerprint density at radius 2 is 1.46 bits per heavy atom. The molecule has 118 valence electrons. The van der Waals surface area contributed by atoms with Gasteiger partial charge in [-0.25, -0.2) is 0 Å². The van der Waals surface area contributed by atoms with Crippen LogP contribution >= 0.6 is 15.9 Å². The van der Waals surface area contributed by atoms with Crippen molar-refractivity contribution < 1.29 is 9.59 Å². The smallest absolute Gasteiger partial charge is 0.256 e. The molecule has 4 nitrogen and oxygen atoms in total. The molecule has 0 saturated heterocycles. The van der Waals surface area contributed by atoms with Crippen LogP contribution in [-0.2, 0) is 0 Å². The molecule has 5 heteroatoms. The number of nitrogens with one attached hydrogen (secondary N) is 1. The molecular formula is C19H13BrN2O2. The van der Waals surface area contributed by atoms with E-state index >= 15 is 0 Å². The minimum atomic E-state index is -0.212. The van der Waals surface area contributed by atoms with Gasteiger partial charge in [-0.05, 0) is 64.5 Å². The highest BCUT2D eigenvalue weighted by Gasteiger charge is 2.11. The quantitative estimate of drug-likeness (QED) is 0.685. The molecule has 0 spiro atoms. The fourth-order valence-electron chi connectivity index (χ4n) is 2.22. The van der Waals surface area contributed by atoms with E-state index in [2.05, 4.69) is 26.2 Å². The highest BCUT2D eigenvalue weighted by molar-refractivity contribution is 9.10. The van der Waals surface area contributed by atoms with Crippen LogP contribution in [0.1, 0.15) is 26.3 Å². The molecule has 1 aromatic heterocycles. The molecule has 0 atom stereocenters. The number of hydrogen-bond donors (Lipinski definition) is 1. The number of carbonyl (C=O) groups is 2. The van der Waals surface area contributed by atoms with Crippen molar-refractivity contribution in [3.05, 3.63) is 94.2 Å². The van der Waals surface area contributed by atoms with E-state index in [1.165, 1.54) is 0 Å². The van der Waals surface area contributed by atoms with E-state index in [1.807, 2.05) is 12.1 Å². The van der Waals surface area contributed by atoms with Gasteiger partial charge in [0.15, 0.2) is 5.78 Å². The summed E-state index contributed by atoms with van der Waals surface area (Å²) in [4.78, 5) is 28.5. The van der Waals surface area contributed by atoms with Crippen LogP contribution in [0.4, 0.5) is 5.69 Å². The first-order valence-corrected chi connectivity index (χ1v) is 8.05. The first-order valence-electron chi connectivity index (χ1n) is 7.26. The van der Waals surface area contributed by atoms with Crippen molar-refractivity contribution in [2.24, 2.45) is 0 Å². The van der Waals surface area contributed by atoms with Gasteiger partial charge in [0.25, 0.3) is 5.91 Å². The molecule has 0 aliphatic rings. The zero-order valence-corrected chi connectivity index (χ0v) is 14.2. The molecular weight excluding hydrogens is 368 g/mol. The second kappa shape index (κ2) is 7.19. The molecule has 0 fully saturated rings. The molecule has 0 radical (unpaired) electrons. The lowest BCUT2D eigenvalue weighted by Gasteiger charge is -2.07. The van der Waals surface area contributed by atoms with E-state index in [9.17, 15) is 9.59 Å². The molecule has 1 heterocycles. The third kappa shape index (κ3) is 3.58. The molecule has 0 aliphatic carbocycles. The number of pyridine rings is 1. The Morgan fingerprint density at radius 1 is 0.833 bits per heavy atom. The summed E-state index contributed by atoms with van der Waals surface area (Å²) in [7, 11) is 0. The summed E-state index contributed by atoms with van der Waals surface area (Å²) in [5, 5.41) is 2.81. The van der Waals surface area contributed by atoms with E-state index in [0.29, 0.717) is 22.4 Å². The van der Waals surface area contributed by atoms with Crippen LogP contribution < -0.4 is 5.32 Å². The van der Waals surface area contributed by atoms with Gasteiger partial charge in [0, 0.05) is 33.7 Å². The normalized spacial score (nSPS) is 10.2. The van der Waals surface area contributed by atoms with Gasteiger partial charge < -0.3 is 5.32 Å². The summed E-state index contributed by atoms with van der Waals surface area (Å²) in [5.74, 6) is -0.295. The van der Waals surface area contributed by atoms with Gasteiger partial charge in [-0.2, -0.15) is 0 Å². The number of benzene rings is 2. The van der Waals surface area contributed by atoms with Crippen molar-refractivity contribution in [3.63, 3.8) is 0 Å². The number of amides is 1. The highest BCUT2D eigenvalue weighted by atomic mass is 79.9. The number of rotatable bonds is 4. The monoisotopic (exact) mass is 380 g/mol. The fourth-order valence-corrected chi connectivity index (χ4v) is 2.68. The summed E-state index contributed by atoms with van der Waals surface area (Å²) in [5.41, 5.74) is 2.31. The van der Waals surface area contributed by atoms with Gasteiger partial charge in [0.05, 0.1) is 5.56 Å². The topological polar surface area (TPSA) is 59.1 Å². The number of carbonyl (C=O) groups excluding carboxylic acids is 2. The van der Waals surface area contributed by atoms with Crippen LogP contribution in [0.2, 0.25) is 0 Å². The van der Waals surface area contributed by atoms with Crippen LogP contribution in [0.3, 0.4) is 0 Å². The second-order valence-corrected chi connectivity index (χ2v) is 5.93. The van der Waals surface area contributed by atoms with Crippen LogP contribution in [-0.4, -0.2) is 16.7 Å². The zero-order chi connectivity index (χ0) is 16.9. The Balaban J connectivity index is 1.74. The first kappa shape index (κ1) is 16.1. The van der Waals surface area contributed by atoms with Crippen molar-refractivity contribution in [3.8, 4) is 0 Å². The summed E-state index contributed by atoms with van der Waals surface area (Å²) in [6.07, 6.45) is 3.17. The van der Waals surface area contributed by atoms with Gasteiger partial charge >= 0.3 is 0 Å². The molecule has 0 saturated carbocycles. The maximum absolute atomic E-state index is 12.3. The zero-order valence-electron chi connectivity index (χ0n) is 12.6. The van der Waals surface area contributed by atoms with Crippen LogP contribution in [0.25, 0.3) is 0 Å². The molecule has 1 amide bonds. The lowest BCUT2D eigenvalue weighted by Crippen LogP contribution is -2.12. The highest BCUT2D eigenvalue weighted by Crippen LogP contribution is 2.19. The third-order valence-corrected chi connectivity index (χ3v) is 4.16. The molecule has 3 aromatic rings. The Kier molecular flexibility index (Phi) is 4.82. The van der Waals surface area contributed by atoms with Crippen molar-refractivity contribution in [2.45, 2.75) is 0 Å². The van der Waals surface area contributed by atoms with Crippen molar-refractivity contribution in [1.82, 2.24) is 4.98 Å². The summed E-state index contributed by atoms with van der Waals surface area (Å²) in [6.45, 7) is 0. The number of anilines is 1. The van der Waals surface area contributed by atoms with Crippen molar-refractivity contribution in [2.75, 3.05) is 5.32 Å². The molecule has 0 unspecified atom stereocenters. The molecule has 1 N–H and O–H groups in total. The maximum atomic E-state index is 12.3. The van der Waals surface area contributed by atoms with Gasteiger partial charge in [0.2, 0.25) is 0 Å². The lowest BCUT2D eigenvalue weighted by atomic mass is 10.0. The van der Waals surface area contributed by atoms with Crippen molar-refractivity contribution >= 4 is 33.3 Å². The standard InChI is InChI=1S/C19H13BrN2O2/c20-17-4-2-1-3-16(17)19(24)22-15-7-5-13(6-8-15)18(23)14-9-11-21-12-10-14/h1-12H,(H,22,24). The Bertz CT molecular complexity index is 877. The SMILES string of the molecule is O=C(c1ccncc1)c1ccc(NC(=O)c2ccccc2Br)cc1. The first-order chi connectivity index (χ1) is 11.6. The summed E-state index contributed by atoms with van der Waals surface area (Å²) in [6, 6.07) is 17.3. The van der Waals surface area contributed by atoms with E-state index < -0.39 is 0 Å². The van der Waals surface area contributed by atoms with Crippen LogP contribution in [0, 0.1) is 0 Å². The van der Waals surface area contributed by atoms with E-state index in [1.54, 1.807) is 60.9 Å². The largest absolute Gasteiger partial charge is 0.322 e. The lowest BCUT2D eigenvalue weighted by molar-refractivity contribution is 0.102. The number of aromatic nitrogens is 1. The number of halogens is 1. The van der Waals surface area contributed by atoms with Gasteiger partial charge in [-0.15, -0.1) is 0 Å². The Hall–Kier alpha value is -2.79. The summed E-state index contributed by atoms with van der Waals surface area (Å²) >= 11 is 3.36. The van der Waals surface area contributed by atoms with Gasteiger partial charge in [0.1, 0.15) is 0 Å². The molecule has 0 aliphatic heterocycles. The van der Waals surface area contributed by atoms with Crippen molar-refractivity contribution in [1.29, 1.82) is 0 Å². The van der Waals surface area contributed by atoms with Crippen LogP contribution in [0.5, 0.6) is 0 Å². The Labute approximate surface area is 147 Å². The molecule has 3 rings (SSSR count). The number of ketones is 1. The summed E-state index contributed by atoms with van der Waals surface area (Å²) < 4.78 is 0.729. The number of hydrogen-bond acceptors (Lipinski definition) is 3.